The normalized spacial score (nSPS) is 17.2. The number of nitrogens with zero attached hydrogens (tertiary/aromatic N) is 1. The molecule has 7 heteroatoms. The average Bonchev–Trinajstić information content (AvgIpc) is 2.92. The van der Waals surface area contributed by atoms with Gasteiger partial charge >= 0.3 is 0 Å². The molecule has 0 bridgehead atoms. The van der Waals surface area contributed by atoms with Crippen LogP contribution in [0.4, 0.5) is 18.9 Å². The van der Waals surface area contributed by atoms with Crippen LogP contribution in [0.25, 0.3) is 11.1 Å². The quantitative estimate of drug-likeness (QED) is 0.874. The van der Waals surface area contributed by atoms with Crippen LogP contribution in [0.1, 0.15) is 6.42 Å². The molecule has 1 unspecified atom stereocenters. The van der Waals surface area contributed by atoms with Crippen LogP contribution in [0.2, 0.25) is 0 Å². The summed E-state index contributed by atoms with van der Waals surface area (Å²) in [5, 5.41) is 2.34. The number of hydrogen-bond donors (Lipinski definition) is 1. The summed E-state index contributed by atoms with van der Waals surface area (Å²) in [6.45, 7) is 0.153. The van der Waals surface area contributed by atoms with Gasteiger partial charge in [-0.1, -0.05) is 18.2 Å². The molecule has 1 aliphatic rings. The summed E-state index contributed by atoms with van der Waals surface area (Å²) in [5.74, 6) is -3.64. The zero-order chi connectivity index (χ0) is 17.3. The predicted molar refractivity (Wildman–Crippen MR) is 81.7 cm³/mol. The van der Waals surface area contributed by atoms with Crippen molar-refractivity contribution in [3.05, 3.63) is 53.8 Å². The lowest BCUT2D eigenvalue weighted by atomic mass is 10.0. The van der Waals surface area contributed by atoms with Gasteiger partial charge in [-0.05, 0) is 24.6 Å². The van der Waals surface area contributed by atoms with E-state index in [2.05, 4.69) is 5.32 Å². The third kappa shape index (κ3) is 2.62. The van der Waals surface area contributed by atoms with Crippen LogP contribution >= 0.6 is 0 Å². The third-order valence-corrected chi connectivity index (χ3v) is 3.99. The van der Waals surface area contributed by atoms with Crippen molar-refractivity contribution in [1.29, 1.82) is 0 Å². The van der Waals surface area contributed by atoms with Gasteiger partial charge in [0.25, 0.3) is 0 Å². The Bertz CT molecular complexity index is 810. The van der Waals surface area contributed by atoms with E-state index < -0.39 is 29.4 Å². The van der Waals surface area contributed by atoms with Gasteiger partial charge in [0.15, 0.2) is 11.6 Å². The van der Waals surface area contributed by atoms with Crippen LogP contribution in [-0.2, 0) is 9.59 Å². The number of amides is 2. The molecule has 124 valence electrons. The Morgan fingerprint density at radius 3 is 2.50 bits per heavy atom. The first-order chi connectivity index (χ1) is 11.5. The Morgan fingerprint density at radius 1 is 1.04 bits per heavy atom. The Labute approximate surface area is 135 Å². The topological polar surface area (TPSA) is 49.4 Å². The van der Waals surface area contributed by atoms with Crippen molar-refractivity contribution < 1.29 is 22.8 Å². The Morgan fingerprint density at radius 2 is 1.79 bits per heavy atom. The fraction of sp³-hybridized carbons (Fsp3) is 0.176. The highest BCUT2D eigenvalue weighted by molar-refractivity contribution is 6.00. The predicted octanol–water partition coefficient (Wildman–Crippen LogP) is 2.62. The number of hydrogen-bond acceptors (Lipinski definition) is 2. The molecule has 1 fully saturated rings. The molecule has 2 amide bonds. The van der Waals surface area contributed by atoms with E-state index in [1.54, 1.807) is 0 Å². The summed E-state index contributed by atoms with van der Waals surface area (Å²) in [5.41, 5.74) is -0.509. The third-order valence-electron chi connectivity index (χ3n) is 3.99. The van der Waals surface area contributed by atoms with Gasteiger partial charge in [-0.15, -0.1) is 0 Å². The van der Waals surface area contributed by atoms with Gasteiger partial charge in [-0.2, -0.15) is 0 Å². The van der Waals surface area contributed by atoms with Gasteiger partial charge in [-0.3, -0.25) is 9.59 Å². The van der Waals surface area contributed by atoms with Gasteiger partial charge in [0, 0.05) is 17.7 Å². The molecule has 3 rings (SSSR count). The fourth-order valence-electron chi connectivity index (χ4n) is 2.79. The minimum atomic E-state index is -1.23. The van der Waals surface area contributed by atoms with E-state index in [1.807, 2.05) is 0 Å². The van der Waals surface area contributed by atoms with Gasteiger partial charge in [0.05, 0.1) is 5.69 Å². The van der Waals surface area contributed by atoms with E-state index in [9.17, 15) is 22.8 Å². The molecule has 0 spiro atoms. The Balaban J connectivity index is 1.99. The molecule has 0 saturated carbocycles. The second kappa shape index (κ2) is 6.35. The molecule has 2 aromatic rings. The zero-order valence-corrected chi connectivity index (χ0v) is 12.4. The van der Waals surface area contributed by atoms with Crippen LogP contribution in [0.5, 0.6) is 0 Å². The number of rotatable bonds is 4. The lowest BCUT2D eigenvalue weighted by Crippen LogP contribution is -2.38. The molecule has 24 heavy (non-hydrogen) atoms. The van der Waals surface area contributed by atoms with Crippen molar-refractivity contribution in [3.8, 4) is 11.1 Å². The maximum absolute atomic E-state index is 14.4. The van der Waals surface area contributed by atoms with Crippen LogP contribution in [0.3, 0.4) is 0 Å². The van der Waals surface area contributed by atoms with E-state index in [0.29, 0.717) is 12.8 Å². The minimum Gasteiger partial charge on any atom is -0.347 e. The van der Waals surface area contributed by atoms with E-state index in [4.69, 9.17) is 0 Å². The first kappa shape index (κ1) is 16.0. The zero-order valence-electron chi connectivity index (χ0n) is 12.4. The summed E-state index contributed by atoms with van der Waals surface area (Å²) in [4.78, 5) is 23.7. The summed E-state index contributed by atoms with van der Waals surface area (Å²) in [6.07, 6.45) is 0.692. The first-order valence-corrected chi connectivity index (χ1v) is 7.28. The highest BCUT2D eigenvalue weighted by Gasteiger charge is 2.34. The van der Waals surface area contributed by atoms with Crippen molar-refractivity contribution in [2.75, 3.05) is 11.4 Å². The molecule has 1 saturated heterocycles. The summed E-state index contributed by atoms with van der Waals surface area (Å²) in [7, 11) is 0. The number of nitrogens with one attached hydrogen (secondary N) is 1. The standard InChI is InChI=1S/C17H13F3N2O2/c18-12-4-2-1-3-10(12)11-5-6-14(16(20)15(11)19)22-8-7-13(17(22)24)21-9-23/h1-6,9,13H,7-8H2,(H,21,23). The molecular weight excluding hydrogens is 321 g/mol. The minimum absolute atomic E-state index is 0.0614. The van der Waals surface area contributed by atoms with Crippen molar-refractivity contribution >= 4 is 18.0 Å². The Kier molecular flexibility index (Phi) is 4.24. The molecule has 0 aromatic heterocycles. The van der Waals surface area contributed by atoms with E-state index >= 15 is 0 Å². The molecule has 2 aromatic carbocycles. The smallest absolute Gasteiger partial charge is 0.249 e. The second-order valence-electron chi connectivity index (χ2n) is 5.36. The molecule has 0 aliphatic carbocycles. The van der Waals surface area contributed by atoms with E-state index in [1.165, 1.54) is 30.3 Å². The number of benzene rings is 2. The first-order valence-electron chi connectivity index (χ1n) is 7.28. The summed E-state index contributed by atoms with van der Waals surface area (Å²) in [6, 6.07) is 7.18. The van der Waals surface area contributed by atoms with E-state index in [0.717, 1.165) is 11.0 Å². The summed E-state index contributed by atoms with van der Waals surface area (Å²) < 4.78 is 42.6. The van der Waals surface area contributed by atoms with Gasteiger partial charge < -0.3 is 10.2 Å². The van der Waals surface area contributed by atoms with Crippen LogP contribution in [0, 0.1) is 17.5 Å². The highest BCUT2D eigenvalue weighted by atomic mass is 19.2. The van der Waals surface area contributed by atoms with Crippen LogP contribution in [-0.4, -0.2) is 24.9 Å². The van der Waals surface area contributed by atoms with Crippen molar-refractivity contribution in [3.63, 3.8) is 0 Å². The largest absolute Gasteiger partial charge is 0.347 e. The molecule has 1 atom stereocenters. The molecule has 0 radical (unpaired) electrons. The maximum atomic E-state index is 14.4. The maximum Gasteiger partial charge on any atom is 0.249 e. The van der Waals surface area contributed by atoms with Gasteiger partial charge in [0.2, 0.25) is 12.3 Å². The van der Waals surface area contributed by atoms with Crippen LogP contribution < -0.4 is 10.2 Å². The monoisotopic (exact) mass is 334 g/mol. The summed E-state index contributed by atoms with van der Waals surface area (Å²) >= 11 is 0. The molecule has 4 nitrogen and oxygen atoms in total. The number of carbonyl (C=O) groups is 2. The van der Waals surface area contributed by atoms with E-state index in [-0.39, 0.29) is 23.4 Å². The molecule has 1 N–H and O–H groups in total. The molecule has 1 aliphatic heterocycles. The van der Waals surface area contributed by atoms with Crippen molar-refractivity contribution in [2.45, 2.75) is 12.5 Å². The van der Waals surface area contributed by atoms with Crippen LogP contribution in [0.15, 0.2) is 36.4 Å². The SMILES string of the molecule is O=CNC1CCN(c2ccc(-c3ccccc3F)c(F)c2F)C1=O. The second-order valence-corrected chi connectivity index (χ2v) is 5.36. The van der Waals surface area contributed by atoms with Gasteiger partial charge in [0.1, 0.15) is 11.9 Å². The lowest BCUT2D eigenvalue weighted by molar-refractivity contribution is -0.121. The fourth-order valence-corrected chi connectivity index (χ4v) is 2.79. The molecule has 1 heterocycles. The van der Waals surface area contributed by atoms with Crippen molar-refractivity contribution in [1.82, 2.24) is 5.32 Å². The van der Waals surface area contributed by atoms with Gasteiger partial charge in [-0.25, -0.2) is 13.2 Å². The Hall–Kier alpha value is -2.83. The number of halogens is 3. The number of anilines is 1. The van der Waals surface area contributed by atoms with Crippen molar-refractivity contribution in [2.24, 2.45) is 0 Å². The lowest BCUT2D eigenvalue weighted by Gasteiger charge is -2.18. The number of carbonyl (C=O) groups excluding carboxylic acids is 2. The highest BCUT2D eigenvalue weighted by Crippen LogP contribution is 2.33. The average molecular weight is 334 g/mol. The molecular formula is C17H13F3N2O2.